The second-order valence-electron chi connectivity index (χ2n) is 5.86. The van der Waals surface area contributed by atoms with Crippen molar-refractivity contribution >= 4 is 18.4 Å². The minimum atomic E-state index is -3.32. The summed E-state index contributed by atoms with van der Waals surface area (Å²) < 4.78 is 31.9. The molecule has 0 aromatic carbocycles. The molecule has 0 N–H and O–H groups in total. The minimum Gasteiger partial charge on any atom is -0.413 e. The second-order valence-corrected chi connectivity index (χ2v) is 12.3. The van der Waals surface area contributed by atoms with E-state index in [-0.39, 0.29) is 11.6 Å². The van der Waals surface area contributed by atoms with Gasteiger partial charge in [0.2, 0.25) is 0 Å². The standard InChI is InChI=1S/C12H26O4SSi/c1-12(2,3)18(5,6)16-11-9-7-8-10-15-17(4,13)14/h7,9H,8,10-11H2,1-6H3. The maximum atomic E-state index is 10.7. The third-order valence-corrected chi connectivity index (χ3v) is 8.19. The Bertz CT molecular complexity index is 366. The first-order chi connectivity index (χ1) is 7.96. The van der Waals surface area contributed by atoms with Gasteiger partial charge in [-0.25, -0.2) is 0 Å². The van der Waals surface area contributed by atoms with Crippen LogP contribution < -0.4 is 0 Å². The van der Waals surface area contributed by atoms with Crippen molar-refractivity contribution in [2.45, 2.75) is 45.3 Å². The van der Waals surface area contributed by atoms with Gasteiger partial charge in [-0.1, -0.05) is 32.9 Å². The van der Waals surface area contributed by atoms with Crippen LogP contribution >= 0.6 is 0 Å². The van der Waals surface area contributed by atoms with Gasteiger partial charge in [0.25, 0.3) is 10.1 Å². The van der Waals surface area contributed by atoms with Crippen LogP contribution in [0.15, 0.2) is 12.2 Å². The third kappa shape index (κ3) is 8.02. The summed E-state index contributed by atoms with van der Waals surface area (Å²) in [6.45, 7) is 11.8. The Hall–Kier alpha value is -0.173. The van der Waals surface area contributed by atoms with Gasteiger partial charge in [-0.15, -0.1) is 0 Å². The Labute approximate surface area is 113 Å². The molecule has 108 valence electrons. The first-order valence-corrected chi connectivity index (χ1v) is 10.8. The first-order valence-electron chi connectivity index (χ1n) is 6.09. The van der Waals surface area contributed by atoms with Crippen molar-refractivity contribution in [2.75, 3.05) is 19.5 Å². The molecule has 0 saturated carbocycles. The molecule has 0 saturated heterocycles. The average molecular weight is 294 g/mol. The molecule has 0 aliphatic heterocycles. The number of hydrogen-bond acceptors (Lipinski definition) is 4. The van der Waals surface area contributed by atoms with Crippen LogP contribution in [-0.2, 0) is 18.7 Å². The van der Waals surface area contributed by atoms with Crippen LogP contribution in [0.5, 0.6) is 0 Å². The molecule has 0 bridgehead atoms. The van der Waals surface area contributed by atoms with Crippen LogP contribution in [0, 0.1) is 0 Å². The van der Waals surface area contributed by atoms with E-state index in [1.165, 1.54) is 0 Å². The third-order valence-electron chi connectivity index (χ3n) is 3.10. The zero-order chi connectivity index (χ0) is 14.4. The first kappa shape index (κ1) is 17.8. The fourth-order valence-corrected chi connectivity index (χ4v) is 2.27. The minimum absolute atomic E-state index is 0.190. The van der Waals surface area contributed by atoms with Gasteiger partial charge in [0.1, 0.15) is 0 Å². The molecular weight excluding hydrogens is 268 g/mol. The van der Waals surface area contributed by atoms with Gasteiger partial charge in [-0.2, -0.15) is 8.42 Å². The van der Waals surface area contributed by atoms with E-state index in [1.807, 2.05) is 12.2 Å². The molecule has 0 unspecified atom stereocenters. The lowest BCUT2D eigenvalue weighted by Gasteiger charge is -2.35. The zero-order valence-electron chi connectivity index (χ0n) is 12.3. The molecule has 0 fully saturated rings. The molecule has 0 aliphatic carbocycles. The monoisotopic (exact) mass is 294 g/mol. The van der Waals surface area contributed by atoms with E-state index in [1.54, 1.807) is 0 Å². The molecule has 0 atom stereocenters. The van der Waals surface area contributed by atoms with Crippen molar-refractivity contribution in [3.63, 3.8) is 0 Å². The van der Waals surface area contributed by atoms with Gasteiger partial charge in [-0.05, 0) is 24.6 Å². The van der Waals surface area contributed by atoms with Gasteiger partial charge in [0.05, 0.1) is 19.5 Å². The maximum absolute atomic E-state index is 10.7. The van der Waals surface area contributed by atoms with Crippen LogP contribution in [0.3, 0.4) is 0 Å². The second kappa shape index (κ2) is 6.84. The van der Waals surface area contributed by atoms with Crippen LogP contribution in [0.1, 0.15) is 27.2 Å². The summed E-state index contributed by atoms with van der Waals surface area (Å²) in [5, 5.41) is 0.209. The highest BCUT2D eigenvalue weighted by atomic mass is 32.2. The van der Waals surface area contributed by atoms with Crippen molar-refractivity contribution in [3.8, 4) is 0 Å². The Morgan fingerprint density at radius 2 is 1.72 bits per heavy atom. The van der Waals surface area contributed by atoms with Gasteiger partial charge in [-0.3, -0.25) is 4.18 Å². The summed E-state index contributed by atoms with van der Waals surface area (Å²) in [4.78, 5) is 0. The lowest BCUT2D eigenvalue weighted by molar-refractivity contribution is 0.322. The number of hydrogen-bond donors (Lipinski definition) is 0. The molecular formula is C12H26O4SSi. The Morgan fingerprint density at radius 3 is 2.17 bits per heavy atom. The molecule has 6 heteroatoms. The summed E-state index contributed by atoms with van der Waals surface area (Å²) in [7, 11) is -5.00. The summed E-state index contributed by atoms with van der Waals surface area (Å²) >= 11 is 0. The quantitative estimate of drug-likeness (QED) is 0.313. The molecule has 0 aromatic rings. The van der Waals surface area contributed by atoms with Gasteiger partial charge in [0.15, 0.2) is 8.32 Å². The Balaban J connectivity index is 3.86. The molecule has 0 amide bonds. The summed E-state index contributed by atoms with van der Waals surface area (Å²) in [5.41, 5.74) is 0. The van der Waals surface area contributed by atoms with E-state index >= 15 is 0 Å². The van der Waals surface area contributed by atoms with E-state index in [9.17, 15) is 8.42 Å². The van der Waals surface area contributed by atoms with Crippen LogP contribution in [0.4, 0.5) is 0 Å². The zero-order valence-corrected chi connectivity index (χ0v) is 14.1. The van der Waals surface area contributed by atoms with E-state index < -0.39 is 18.4 Å². The molecule has 0 aliphatic rings. The molecule has 0 radical (unpaired) electrons. The predicted molar refractivity (Wildman–Crippen MR) is 77.7 cm³/mol. The SMILES string of the molecule is CC(C)(C)[Si](C)(C)OCC=CCCOS(C)(=O)=O. The topological polar surface area (TPSA) is 52.6 Å². The van der Waals surface area contributed by atoms with E-state index in [2.05, 4.69) is 38.0 Å². The van der Waals surface area contributed by atoms with Crippen LogP contribution in [0.25, 0.3) is 0 Å². The van der Waals surface area contributed by atoms with E-state index in [4.69, 9.17) is 4.43 Å². The lowest BCUT2D eigenvalue weighted by atomic mass is 10.2. The molecule has 0 aromatic heterocycles. The van der Waals surface area contributed by atoms with Crippen molar-refractivity contribution in [1.82, 2.24) is 0 Å². The smallest absolute Gasteiger partial charge is 0.264 e. The Kier molecular flexibility index (Phi) is 6.77. The molecule has 0 heterocycles. The summed E-state index contributed by atoms with van der Waals surface area (Å²) in [6.07, 6.45) is 5.44. The highest BCUT2D eigenvalue weighted by molar-refractivity contribution is 7.85. The van der Waals surface area contributed by atoms with Gasteiger partial charge >= 0.3 is 0 Å². The van der Waals surface area contributed by atoms with Crippen LogP contribution in [-0.4, -0.2) is 36.2 Å². The van der Waals surface area contributed by atoms with Crippen molar-refractivity contribution in [3.05, 3.63) is 12.2 Å². The fraction of sp³-hybridized carbons (Fsp3) is 0.833. The van der Waals surface area contributed by atoms with Crippen molar-refractivity contribution < 1.29 is 17.0 Å². The van der Waals surface area contributed by atoms with E-state index in [0.717, 1.165) is 6.26 Å². The van der Waals surface area contributed by atoms with Gasteiger partial charge < -0.3 is 4.43 Å². The molecule has 0 spiro atoms. The maximum Gasteiger partial charge on any atom is 0.264 e. The largest absolute Gasteiger partial charge is 0.413 e. The van der Waals surface area contributed by atoms with E-state index in [0.29, 0.717) is 13.0 Å². The normalized spacial score (nSPS) is 14.3. The number of rotatable bonds is 7. The molecule has 0 rings (SSSR count). The lowest BCUT2D eigenvalue weighted by Crippen LogP contribution is -2.40. The molecule has 4 nitrogen and oxygen atoms in total. The van der Waals surface area contributed by atoms with Crippen molar-refractivity contribution in [2.24, 2.45) is 0 Å². The Morgan fingerprint density at radius 1 is 1.17 bits per heavy atom. The predicted octanol–water partition coefficient (Wildman–Crippen LogP) is 2.93. The highest BCUT2D eigenvalue weighted by Crippen LogP contribution is 2.36. The van der Waals surface area contributed by atoms with Crippen molar-refractivity contribution in [1.29, 1.82) is 0 Å². The average Bonchev–Trinajstić information content (AvgIpc) is 2.12. The summed E-state index contributed by atoms with van der Waals surface area (Å²) in [5.74, 6) is 0. The highest BCUT2D eigenvalue weighted by Gasteiger charge is 2.36. The van der Waals surface area contributed by atoms with Crippen LogP contribution in [0.2, 0.25) is 18.1 Å². The fourth-order valence-electron chi connectivity index (χ4n) is 0.926. The van der Waals surface area contributed by atoms with Gasteiger partial charge in [0, 0.05) is 0 Å². The molecule has 18 heavy (non-hydrogen) atoms. The summed E-state index contributed by atoms with van der Waals surface area (Å²) in [6, 6.07) is 0.